The van der Waals surface area contributed by atoms with Gasteiger partial charge in [-0.3, -0.25) is 0 Å². The monoisotopic (exact) mass is 218 g/mol. The molecule has 1 aromatic carbocycles. The fourth-order valence-electron chi connectivity index (χ4n) is 1.34. The SMILES string of the molecule is C=Cc1ccccc1O[Si]C(CC)CC. The normalized spacial score (nSPS) is 10.3. The van der Waals surface area contributed by atoms with Crippen LogP contribution in [0.25, 0.3) is 6.08 Å². The molecule has 0 spiro atoms. The minimum Gasteiger partial charge on any atom is -0.540 e. The molecule has 2 radical (unpaired) electrons. The number of rotatable bonds is 6. The molecule has 0 amide bonds. The largest absolute Gasteiger partial charge is 0.540 e. The lowest BCUT2D eigenvalue weighted by atomic mass is 10.2. The predicted molar refractivity (Wildman–Crippen MR) is 67.2 cm³/mol. The summed E-state index contributed by atoms with van der Waals surface area (Å²) in [5, 5.41) is 0. The van der Waals surface area contributed by atoms with Crippen LogP contribution in [0.1, 0.15) is 32.3 Å². The molecule has 0 unspecified atom stereocenters. The first-order valence-electron chi connectivity index (χ1n) is 5.45. The Balaban J connectivity index is 2.60. The van der Waals surface area contributed by atoms with E-state index in [1.54, 1.807) is 0 Å². The van der Waals surface area contributed by atoms with Crippen molar-refractivity contribution in [3.63, 3.8) is 0 Å². The number of benzene rings is 1. The molecule has 0 atom stereocenters. The summed E-state index contributed by atoms with van der Waals surface area (Å²) in [7, 11) is 0.552. The number of hydrogen-bond acceptors (Lipinski definition) is 1. The van der Waals surface area contributed by atoms with Crippen LogP contribution in [0.4, 0.5) is 0 Å². The van der Waals surface area contributed by atoms with Gasteiger partial charge in [-0.25, -0.2) is 0 Å². The maximum Gasteiger partial charge on any atom is 0.314 e. The van der Waals surface area contributed by atoms with E-state index in [1.807, 2.05) is 30.3 Å². The van der Waals surface area contributed by atoms with Crippen molar-refractivity contribution in [1.29, 1.82) is 0 Å². The van der Waals surface area contributed by atoms with Crippen LogP contribution in [-0.4, -0.2) is 9.76 Å². The molecule has 0 saturated carbocycles. The van der Waals surface area contributed by atoms with Crippen LogP contribution < -0.4 is 4.43 Å². The van der Waals surface area contributed by atoms with Crippen LogP contribution in [0.5, 0.6) is 5.75 Å². The fraction of sp³-hybridized carbons (Fsp3) is 0.385. The summed E-state index contributed by atoms with van der Waals surface area (Å²) in [4.78, 5) is 0. The summed E-state index contributed by atoms with van der Waals surface area (Å²) in [6.07, 6.45) is 4.21. The smallest absolute Gasteiger partial charge is 0.314 e. The summed E-state index contributed by atoms with van der Waals surface area (Å²) in [5.41, 5.74) is 1.76. The second-order valence-electron chi connectivity index (χ2n) is 3.48. The Bertz CT molecular complexity index is 305. The van der Waals surface area contributed by atoms with E-state index in [0.717, 1.165) is 11.3 Å². The molecule has 0 aliphatic rings. The predicted octanol–water partition coefficient (Wildman–Crippen LogP) is 3.94. The first kappa shape index (κ1) is 12.0. The quantitative estimate of drug-likeness (QED) is 0.657. The Labute approximate surface area is 95.1 Å². The highest BCUT2D eigenvalue weighted by Gasteiger charge is 2.08. The van der Waals surface area contributed by atoms with Crippen molar-refractivity contribution in [2.75, 3.05) is 0 Å². The molecule has 2 heteroatoms. The Morgan fingerprint density at radius 2 is 2.00 bits per heavy atom. The highest BCUT2D eigenvalue weighted by Crippen LogP contribution is 2.21. The zero-order valence-electron chi connectivity index (χ0n) is 9.49. The molecule has 0 heterocycles. The second-order valence-corrected chi connectivity index (χ2v) is 4.73. The van der Waals surface area contributed by atoms with Gasteiger partial charge in [0, 0.05) is 5.56 Å². The Kier molecular flexibility index (Phi) is 5.19. The standard InChI is InChI=1S/C13H18OSi/c1-4-11-9-7-8-10-13(11)14-15-12(5-2)6-3/h4,7-10,12H,1,5-6H2,2-3H3. The first-order chi connectivity index (χ1) is 7.31. The average Bonchev–Trinajstić information content (AvgIpc) is 2.31. The van der Waals surface area contributed by atoms with Crippen LogP contribution in [0.15, 0.2) is 30.8 Å². The van der Waals surface area contributed by atoms with E-state index in [1.165, 1.54) is 12.8 Å². The molecule has 1 nitrogen and oxygen atoms in total. The molecule has 0 saturated heterocycles. The van der Waals surface area contributed by atoms with Crippen molar-refractivity contribution in [3.8, 4) is 5.75 Å². The highest BCUT2D eigenvalue weighted by molar-refractivity contribution is 6.30. The molecule has 1 aromatic rings. The second kappa shape index (κ2) is 6.46. The zero-order chi connectivity index (χ0) is 11.1. The van der Waals surface area contributed by atoms with Crippen LogP contribution in [0.3, 0.4) is 0 Å². The van der Waals surface area contributed by atoms with Gasteiger partial charge in [-0.05, 0) is 11.6 Å². The molecule has 0 N–H and O–H groups in total. The Morgan fingerprint density at radius 1 is 1.33 bits per heavy atom. The van der Waals surface area contributed by atoms with Gasteiger partial charge in [0.1, 0.15) is 5.75 Å². The molecule has 1 rings (SSSR count). The van der Waals surface area contributed by atoms with Crippen molar-refractivity contribution in [1.82, 2.24) is 0 Å². The third-order valence-corrected chi connectivity index (χ3v) is 3.95. The molecular formula is C13H18OSi. The van der Waals surface area contributed by atoms with Gasteiger partial charge in [-0.1, -0.05) is 57.5 Å². The van der Waals surface area contributed by atoms with Gasteiger partial charge in [0.05, 0.1) is 0 Å². The van der Waals surface area contributed by atoms with Crippen LogP contribution in [-0.2, 0) is 0 Å². The van der Waals surface area contributed by atoms with E-state index in [2.05, 4.69) is 20.4 Å². The molecule has 0 aromatic heterocycles. The summed E-state index contributed by atoms with van der Waals surface area (Å²) in [6.45, 7) is 8.21. The average molecular weight is 218 g/mol. The van der Waals surface area contributed by atoms with E-state index in [-0.39, 0.29) is 0 Å². The zero-order valence-corrected chi connectivity index (χ0v) is 10.5. The lowest BCUT2D eigenvalue weighted by molar-refractivity contribution is 0.559. The van der Waals surface area contributed by atoms with Crippen LogP contribution in [0.2, 0.25) is 5.54 Å². The maximum absolute atomic E-state index is 5.83. The summed E-state index contributed by atoms with van der Waals surface area (Å²) >= 11 is 0. The van der Waals surface area contributed by atoms with E-state index < -0.39 is 0 Å². The molecule has 80 valence electrons. The molecule has 0 aliphatic heterocycles. The van der Waals surface area contributed by atoms with Crippen LogP contribution >= 0.6 is 0 Å². The number of para-hydroxylation sites is 1. The topological polar surface area (TPSA) is 9.23 Å². The highest BCUT2D eigenvalue weighted by atomic mass is 28.2. The molecule has 15 heavy (non-hydrogen) atoms. The first-order valence-corrected chi connectivity index (χ1v) is 6.44. The molecule has 0 fully saturated rings. The van der Waals surface area contributed by atoms with E-state index >= 15 is 0 Å². The molecule has 0 aliphatic carbocycles. The van der Waals surface area contributed by atoms with Gasteiger partial charge in [-0.15, -0.1) is 0 Å². The summed E-state index contributed by atoms with van der Waals surface area (Å²) in [5.74, 6) is 0.956. The Morgan fingerprint density at radius 3 is 2.60 bits per heavy atom. The lowest BCUT2D eigenvalue weighted by Crippen LogP contribution is -2.10. The minimum absolute atomic E-state index is 0.552. The fourth-order valence-corrected chi connectivity index (χ4v) is 2.16. The lowest BCUT2D eigenvalue weighted by Gasteiger charge is -2.13. The molecule has 0 bridgehead atoms. The van der Waals surface area contributed by atoms with E-state index in [9.17, 15) is 0 Å². The third kappa shape index (κ3) is 3.55. The summed E-state index contributed by atoms with van der Waals surface area (Å²) in [6, 6.07) is 8.04. The van der Waals surface area contributed by atoms with Gasteiger partial charge >= 0.3 is 9.76 Å². The summed E-state index contributed by atoms with van der Waals surface area (Å²) < 4.78 is 5.83. The van der Waals surface area contributed by atoms with Crippen molar-refractivity contribution in [3.05, 3.63) is 36.4 Å². The van der Waals surface area contributed by atoms with Gasteiger partial charge in [0.15, 0.2) is 0 Å². The minimum atomic E-state index is 0.552. The van der Waals surface area contributed by atoms with Gasteiger partial charge < -0.3 is 4.43 Å². The van der Waals surface area contributed by atoms with Crippen molar-refractivity contribution in [2.45, 2.75) is 32.2 Å². The van der Waals surface area contributed by atoms with Gasteiger partial charge in [-0.2, -0.15) is 0 Å². The van der Waals surface area contributed by atoms with Crippen molar-refractivity contribution < 1.29 is 4.43 Å². The van der Waals surface area contributed by atoms with Crippen LogP contribution in [0, 0.1) is 0 Å². The maximum atomic E-state index is 5.83. The number of hydrogen-bond donors (Lipinski definition) is 0. The van der Waals surface area contributed by atoms with E-state index in [4.69, 9.17) is 4.43 Å². The van der Waals surface area contributed by atoms with Crippen molar-refractivity contribution in [2.24, 2.45) is 0 Å². The van der Waals surface area contributed by atoms with E-state index in [0.29, 0.717) is 15.3 Å². The third-order valence-electron chi connectivity index (χ3n) is 2.46. The Hall–Kier alpha value is -1.02. The van der Waals surface area contributed by atoms with Gasteiger partial charge in [0.25, 0.3) is 0 Å². The molecular weight excluding hydrogens is 200 g/mol. The van der Waals surface area contributed by atoms with Crippen molar-refractivity contribution >= 4 is 15.8 Å². The van der Waals surface area contributed by atoms with Gasteiger partial charge in [0.2, 0.25) is 0 Å².